The van der Waals surface area contributed by atoms with Crippen molar-refractivity contribution in [1.29, 1.82) is 0 Å². The second-order valence-electron chi connectivity index (χ2n) is 4.56. The number of benzene rings is 2. The molecular formula is C15H13Cl2F3N2. The first-order valence-corrected chi connectivity index (χ1v) is 7.22. The van der Waals surface area contributed by atoms with Crippen LogP contribution in [0.15, 0.2) is 42.5 Å². The molecule has 7 heteroatoms. The van der Waals surface area contributed by atoms with Gasteiger partial charge < -0.3 is 10.6 Å². The van der Waals surface area contributed by atoms with E-state index < -0.39 is 11.7 Å². The summed E-state index contributed by atoms with van der Waals surface area (Å²) in [4.78, 5) is 0. The maximum Gasteiger partial charge on any atom is 0.416 e. The van der Waals surface area contributed by atoms with Gasteiger partial charge in [-0.3, -0.25) is 0 Å². The zero-order valence-electron chi connectivity index (χ0n) is 11.3. The van der Waals surface area contributed by atoms with Crippen LogP contribution in [0.3, 0.4) is 0 Å². The molecule has 0 saturated carbocycles. The molecule has 0 aliphatic rings. The van der Waals surface area contributed by atoms with E-state index in [1.807, 2.05) is 0 Å². The summed E-state index contributed by atoms with van der Waals surface area (Å²) in [6, 6.07) is 10.1. The minimum absolute atomic E-state index is 0.411. The monoisotopic (exact) mass is 348 g/mol. The van der Waals surface area contributed by atoms with Gasteiger partial charge in [-0.1, -0.05) is 29.3 Å². The van der Waals surface area contributed by atoms with Crippen molar-refractivity contribution in [2.45, 2.75) is 6.18 Å². The van der Waals surface area contributed by atoms with E-state index in [2.05, 4.69) is 10.6 Å². The van der Waals surface area contributed by atoms with E-state index in [0.717, 1.165) is 12.1 Å². The fourth-order valence-electron chi connectivity index (χ4n) is 1.84. The van der Waals surface area contributed by atoms with Crippen molar-refractivity contribution in [3.8, 4) is 0 Å². The first kappa shape index (κ1) is 16.8. The van der Waals surface area contributed by atoms with Crippen molar-refractivity contribution < 1.29 is 13.2 Å². The smallest absolute Gasteiger partial charge is 0.383 e. The molecule has 0 unspecified atom stereocenters. The van der Waals surface area contributed by atoms with E-state index in [4.69, 9.17) is 23.2 Å². The summed E-state index contributed by atoms with van der Waals surface area (Å²) in [5, 5.41) is 7.08. The molecule has 2 nitrogen and oxygen atoms in total. The van der Waals surface area contributed by atoms with Crippen LogP contribution in [0.2, 0.25) is 10.0 Å². The maximum atomic E-state index is 12.6. The Morgan fingerprint density at radius 3 is 2.36 bits per heavy atom. The van der Waals surface area contributed by atoms with Gasteiger partial charge >= 0.3 is 6.18 Å². The van der Waals surface area contributed by atoms with Crippen molar-refractivity contribution in [3.63, 3.8) is 0 Å². The number of hydrogen-bond acceptors (Lipinski definition) is 2. The van der Waals surface area contributed by atoms with Gasteiger partial charge in [-0.2, -0.15) is 13.2 Å². The summed E-state index contributed by atoms with van der Waals surface area (Å²) in [6.07, 6.45) is -4.34. The molecule has 0 heterocycles. The lowest BCUT2D eigenvalue weighted by molar-refractivity contribution is -0.137. The van der Waals surface area contributed by atoms with E-state index in [1.54, 1.807) is 24.3 Å². The van der Waals surface area contributed by atoms with Crippen LogP contribution in [-0.2, 0) is 6.18 Å². The number of nitrogens with one attached hydrogen (secondary N) is 2. The molecule has 2 aromatic carbocycles. The Morgan fingerprint density at radius 1 is 0.909 bits per heavy atom. The molecule has 0 amide bonds. The second-order valence-corrected chi connectivity index (χ2v) is 5.40. The Hall–Kier alpha value is -1.59. The Balaban J connectivity index is 1.88. The van der Waals surface area contributed by atoms with Crippen molar-refractivity contribution >= 4 is 34.6 Å². The van der Waals surface area contributed by atoms with Crippen LogP contribution in [0.5, 0.6) is 0 Å². The molecule has 0 radical (unpaired) electrons. The summed E-state index contributed by atoms with van der Waals surface area (Å²) in [5.74, 6) is 0. The van der Waals surface area contributed by atoms with Gasteiger partial charge in [-0.25, -0.2) is 0 Å². The molecular weight excluding hydrogens is 336 g/mol. The molecule has 0 spiro atoms. The Morgan fingerprint density at radius 2 is 1.64 bits per heavy atom. The lowest BCUT2D eigenvalue weighted by Gasteiger charge is -2.12. The highest BCUT2D eigenvalue weighted by atomic mass is 35.5. The maximum absolute atomic E-state index is 12.6. The van der Waals surface area contributed by atoms with Gasteiger partial charge in [0.15, 0.2) is 0 Å². The average Bonchev–Trinajstić information content (AvgIpc) is 2.46. The zero-order valence-corrected chi connectivity index (χ0v) is 12.9. The van der Waals surface area contributed by atoms with Gasteiger partial charge in [0.05, 0.1) is 16.3 Å². The molecule has 2 aromatic rings. The van der Waals surface area contributed by atoms with Crippen molar-refractivity contribution in [2.75, 3.05) is 23.7 Å². The van der Waals surface area contributed by atoms with E-state index in [1.165, 1.54) is 6.07 Å². The topological polar surface area (TPSA) is 24.1 Å². The normalized spacial score (nSPS) is 11.3. The minimum atomic E-state index is -4.34. The van der Waals surface area contributed by atoms with Gasteiger partial charge in [0.1, 0.15) is 0 Å². The van der Waals surface area contributed by atoms with Gasteiger partial charge in [0.25, 0.3) is 0 Å². The first-order chi connectivity index (χ1) is 10.4. The molecule has 118 valence electrons. The molecule has 2 rings (SSSR count). The fraction of sp³-hybridized carbons (Fsp3) is 0.200. The molecule has 0 saturated heterocycles. The van der Waals surface area contributed by atoms with Crippen molar-refractivity contribution in [2.24, 2.45) is 0 Å². The largest absolute Gasteiger partial charge is 0.416 e. The average molecular weight is 349 g/mol. The standard InChI is InChI=1S/C15H13Cl2F3N2/c16-11-4-5-13(17)14(9-11)22-7-6-21-12-3-1-2-10(8-12)15(18,19)20/h1-5,8-9,21-22H,6-7H2. The highest BCUT2D eigenvalue weighted by Gasteiger charge is 2.30. The Kier molecular flexibility index (Phi) is 5.42. The van der Waals surface area contributed by atoms with Crippen LogP contribution in [0, 0.1) is 0 Å². The van der Waals surface area contributed by atoms with E-state index in [0.29, 0.717) is 34.5 Å². The van der Waals surface area contributed by atoms with E-state index in [-0.39, 0.29) is 0 Å². The predicted molar refractivity (Wildman–Crippen MR) is 84.9 cm³/mol. The van der Waals surface area contributed by atoms with Crippen LogP contribution in [0.25, 0.3) is 0 Å². The van der Waals surface area contributed by atoms with Gasteiger partial charge in [0, 0.05) is 23.8 Å². The van der Waals surface area contributed by atoms with E-state index in [9.17, 15) is 13.2 Å². The number of rotatable bonds is 5. The summed E-state index contributed by atoms with van der Waals surface area (Å²) in [6.45, 7) is 0.917. The molecule has 22 heavy (non-hydrogen) atoms. The molecule has 0 aliphatic carbocycles. The third-order valence-electron chi connectivity index (χ3n) is 2.89. The fourth-order valence-corrected chi connectivity index (χ4v) is 2.20. The Labute approximate surface area is 136 Å². The quantitative estimate of drug-likeness (QED) is 0.693. The van der Waals surface area contributed by atoms with Crippen molar-refractivity contribution in [3.05, 3.63) is 58.1 Å². The molecule has 2 N–H and O–H groups in total. The van der Waals surface area contributed by atoms with Gasteiger partial charge in [0.2, 0.25) is 0 Å². The number of anilines is 2. The minimum Gasteiger partial charge on any atom is -0.383 e. The molecule has 0 aromatic heterocycles. The summed E-state index contributed by atoms with van der Waals surface area (Å²) in [5.41, 5.74) is 0.414. The number of alkyl halides is 3. The van der Waals surface area contributed by atoms with Crippen LogP contribution in [0.1, 0.15) is 5.56 Å². The van der Waals surface area contributed by atoms with Crippen molar-refractivity contribution in [1.82, 2.24) is 0 Å². The lowest BCUT2D eigenvalue weighted by atomic mass is 10.2. The third kappa shape index (κ3) is 4.71. The Bertz CT molecular complexity index is 645. The van der Waals surface area contributed by atoms with Gasteiger partial charge in [-0.15, -0.1) is 0 Å². The third-order valence-corrected chi connectivity index (χ3v) is 3.45. The van der Waals surface area contributed by atoms with Crippen LogP contribution in [0.4, 0.5) is 24.5 Å². The van der Waals surface area contributed by atoms with Gasteiger partial charge in [-0.05, 0) is 36.4 Å². The summed E-state index contributed by atoms with van der Waals surface area (Å²) >= 11 is 11.9. The molecule has 0 bridgehead atoms. The first-order valence-electron chi connectivity index (χ1n) is 6.46. The number of halogens is 5. The van der Waals surface area contributed by atoms with E-state index >= 15 is 0 Å². The number of hydrogen-bond donors (Lipinski definition) is 2. The van der Waals surface area contributed by atoms with Crippen LogP contribution >= 0.6 is 23.2 Å². The lowest BCUT2D eigenvalue weighted by Crippen LogP contribution is -2.14. The SMILES string of the molecule is FC(F)(F)c1cccc(NCCNc2cc(Cl)ccc2Cl)c1. The van der Waals surface area contributed by atoms with Crippen LogP contribution < -0.4 is 10.6 Å². The highest BCUT2D eigenvalue weighted by Crippen LogP contribution is 2.30. The molecule has 0 aliphatic heterocycles. The highest BCUT2D eigenvalue weighted by molar-refractivity contribution is 6.35. The summed E-state index contributed by atoms with van der Waals surface area (Å²) < 4.78 is 37.8. The zero-order chi connectivity index (χ0) is 16.2. The molecule has 0 atom stereocenters. The second kappa shape index (κ2) is 7.11. The van der Waals surface area contributed by atoms with Crippen LogP contribution in [-0.4, -0.2) is 13.1 Å². The predicted octanol–water partition coefficient (Wildman–Crippen LogP) is 5.54. The summed E-state index contributed by atoms with van der Waals surface area (Å²) in [7, 11) is 0. The molecule has 0 fully saturated rings.